The number of alkyl halides is 1. The van der Waals surface area contributed by atoms with Gasteiger partial charge in [0.1, 0.15) is 5.69 Å². The fourth-order valence-electron chi connectivity index (χ4n) is 1.45. The lowest BCUT2D eigenvalue weighted by molar-refractivity contribution is 0.0786. The molecule has 4 nitrogen and oxygen atoms in total. The van der Waals surface area contributed by atoms with Crippen LogP contribution in [0.5, 0.6) is 0 Å². The summed E-state index contributed by atoms with van der Waals surface area (Å²) in [6.45, 7) is 0.794. The molecule has 90 valence electrons. The second-order valence-electron chi connectivity index (χ2n) is 3.85. The molecule has 1 heterocycles. The molecule has 0 spiro atoms. The van der Waals surface area contributed by atoms with E-state index in [1.165, 1.54) is 0 Å². The van der Waals surface area contributed by atoms with E-state index in [0.29, 0.717) is 5.69 Å². The minimum Gasteiger partial charge on any atom is -0.340 e. The standard InChI is InChI=1S/C11H18BrN3O/c1-14(8-5-3-4-7-12)11(16)10-6-9-15(2)13-10/h6,9H,3-5,7-8H2,1-2H3. The first kappa shape index (κ1) is 13.2. The molecule has 5 heteroatoms. The smallest absolute Gasteiger partial charge is 0.274 e. The van der Waals surface area contributed by atoms with E-state index in [0.717, 1.165) is 31.1 Å². The monoisotopic (exact) mass is 287 g/mol. The SMILES string of the molecule is CN(CCCCCBr)C(=O)c1ccn(C)n1. The summed E-state index contributed by atoms with van der Waals surface area (Å²) in [7, 11) is 3.64. The van der Waals surface area contributed by atoms with E-state index in [4.69, 9.17) is 0 Å². The van der Waals surface area contributed by atoms with Crippen molar-refractivity contribution in [2.24, 2.45) is 7.05 Å². The Labute approximate surface area is 105 Å². The molecule has 0 fully saturated rings. The number of aromatic nitrogens is 2. The van der Waals surface area contributed by atoms with Crippen molar-refractivity contribution in [3.63, 3.8) is 0 Å². The van der Waals surface area contributed by atoms with E-state index in [9.17, 15) is 4.79 Å². The van der Waals surface area contributed by atoms with Crippen LogP contribution in [0.3, 0.4) is 0 Å². The number of carbonyl (C=O) groups is 1. The van der Waals surface area contributed by atoms with Crippen molar-refractivity contribution >= 4 is 21.8 Å². The van der Waals surface area contributed by atoms with Gasteiger partial charge in [-0.05, 0) is 18.9 Å². The Kier molecular flexibility index (Phi) is 5.52. The van der Waals surface area contributed by atoms with Crippen molar-refractivity contribution in [2.45, 2.75) is 19.3 Å². The van der Waals surface area contributed by atoms with Crippen molar-refractivity contribution < 1.29 is 4.79 Å². The lowest BCUT2D eigenvalue weighted by Crippen LogP contribution is -2.28. The predicted molar refractivity (Wildman–Crippen MR) is 67.8 cm³/mol. The van der Waals surface area contributed by atoms with Crippen LogP contribution in [-0.2, 0) is 7.05 Å². The largest absolute Gasteiger partial charge is 0.340 e. The van der Waals surface area contributed by atoms with Gasteiger partial charge in [-0.3, -0.25) is 9.48 Å². The van der Waals surface area contributed by atoms with Gasteiger partial charge in [-0.1, -0.05) is 22.4 Å². The van der Waals surface area contributed by atoms with Crippen LogP contribution in [0, 0.1) is 0 Å². The predicted octanol–water partition coefficient (Wildman–Crippen LogP) is 2.06. The highest BCUT2D eigenvalue weighted by Gasteiger charge is 2.13. The van der Waals surface area contributed by atoms with Crippen molar-refractivity contribution in [1.82, 2.24) is 14.7 Å². The number of unbranched alkanes of at least 4 members (excludes halogenated alkanes) is 2. The van der Waals surface area contributed by atoms with Crippen LogP contribution in [0.2, 0.25) is 0 Å². The van der Waals surface area contributed by atoms with E-state index >= 15 is 0 Å². The summed E-state index contributed by atoms with van der Waals surface area (Å²) in [5, 5.41) is 5.13. The van der Waals surface area contributed by atoms with Crippen molar-refractivity contribution in [3.05, 3.63) is 18.0 Å². The lowest BCUT2D eigenvalue weighted by Gasteiger charge is -2.15. The van der Waals surface area contributed by atoms with Gasteiger partial charge in [-0.25, -0.2) is 0 Å². The molecule has 1 rings (SSSR count). The van der Waals surface area contributed by atoms with Crippen LogP contribution in [0.1, 0.15) is 29.8 Å². The van der Waals surface area contributed by atoms with Gasteiger partial charge in [-0.2, -0.15) is 5.10 Å². The van der Waals surface area contributed by atoms with Gasteiger partial charge in [0.2, 0.25) is 0 Å². The van der Waals surface area contributed by atoms with Gasteiger partial charge >= 0.3 is 0 Å². The van der Waals surface area contributed by atoms with E-state index < -0.39 is 0 Å². The highest BCUT2D eigenvalue weighted by molar-refractivity contribution is 9.09. The average molecular weight is 288 g/mol. The normalized spacial score (nSPS) is 10.4. The number of aryl methyl sites for hydroxylation is 1. The topological polar surface area (TPSA) is 38.1 Å². The fourth-order valence-corrected chi connectivity index (χ4v) is 1.84. The average Bonchev–Trinajstić information content (AvgIpc) is 2.70. The summed E-state index contributed by atoms with van der Waals surface area (Å²) in [5.74, 6) is -0.000516. The molecule has 0 bridgehead atoms. The molecule has 0 unspecified atom stereocenters. The first-order chi connectivity index (χ1) is 7.65. The molecule has 0 aromatic carbocycles. The number of hydrogen-bond acceptors (Lipinski definition) is 2. The molecule has 1 aromatic rings. The molecule has 0 saturated carbocycles. The third-order valence-corrected chi connectivity index (χ3v) is 2.97. The van der Waals surface area contributed by atoms with E-state index in [1.807, 2.05) is 14.1 Å². The summed E-state index contributed by atoms with van der Waals surface area (Å²) in [4.78, 5) is 13.6. The first-order valence-electron chi connectivity index (χ1n) is 5.46. The summed E-state index contributed by atoms with van der Waals surface area (Å²) >= 11 is 3.39. The highest BCUT2D eigenvalue weighted by atomic mass is 79.9. The maximum absolute atomic E-state index is 11.9. The maximum atomic E-state index is 11.9. The van der Waals surface area contributed by atoms with Gasteiger partial charge in [0.05, 0.1) is 0 Å². The number of halogens is 1. The number of rotatable bonds is 6. The van der Waals surface area contributed by atoms with Crippen LogP contribution in [-0.4, -0.2) is 39.5 Å². The third kappa shape index (κ3) is 3.96. The highest BCUT2D eigenvalue weighted by Crippen LogP contribution is 2.04. The zero-order chi connectivity index (χ0) is 12.0. The molecular weight excluding hydrogens is 270 g/mol. The number of hydrogen-bond donors (Lipinski definition) is 0. The van der Waals surface area contributed by atoms with Crippen LogP contribution in [0.15, 0.2) is 12.3 Å². The van der Waals surface area contributed by atoms with Crippen LogP contribution in [0.4, 0.5) is 0 Å². The Morgan fingerprint density at radius 3 is 2.81 bits per heavy atom. The summed E-state index contributed by atoms with van der Waals surface area (Å²) in [6, 6.07) is 1.75. The molecular formula is C11H18BrN3O. The minimum atomic E-state index is -0.000516. The van der Waals surface area contributed by atoms with Gasteiger partial charge in [-0.15, -0.1) is 0 Å². The molecule has 0 saturated heterocycles. The van der Waals surface area contributed by atoms with Crippen LogP contribution in [0.25, 0.3) is 0 Å². The fraction of sp³-hybridized carbons (Fsp3) is 0.636. The summed E-state index contributed by atoms with van der Waals surface area (Å²) in [6.07, 6.45) is 5.13. The quantitative estimate of drug-likeness (QED) is 0.593. The lowest BCUT2D eigenvalue weighted by atomic mass is 10.2. The Morgan fingerprint density at radius 2 is 2.25 bits per heavy atom. The maximum Gasteiger partial charge on any atom is 0.274 e. The van der Waals surface area contributed by atoms with Crippen molar-refractivity contribution in [3.8, 4) is 0 Å². The van der Waals surface area contributed by atoms with Crippen LogP contribution < -0.4 is 0 Å². The number of carbonyl (C=O) groups excluding carboxylic acids is 1. The molecule has 0 atom stereocenters. The van der Waals surface area contributed by atoms with Crippen molar-refractivity contribution in [1.29, 1.82) is 0 Å². The molecule has 0 aliphatic rings. The zero-order valence-corrected chi connectivity index (χ0v) is 11.4. The second kappa shape index (κ2) is 6.68. The Morgan fingerprint density at radius 1 is 1.50 bits per heavy atom. The van der Waals surface area contributed by atoms with Gasteiger partial charge in [0.25, 0.3) is 5.91 Å². The molecule has 1 amide bonds. The second-order valence-corrected chi connectivity index (χ2v) is 4.64. The minimum absolute atomic E-state index is 0.000516. The Hall–Kier alpha value is -0.840. The van der Waals surface area contributed by atoms with Crippen molar-refractivity contribution in [2.75, 3.05) is 18.9 Å². The first-order valence-corrected chi connectivity index (χ1v) is 6.58. The Balaban J connectivity index is 2.36. The van der Waals surface area contributed by atoms with Gasteiger partial charge < -0.3 is 4.90 Å². The molecule has 0 radical (unpaired) electrons. The van der Waals surface area contributed by atoms with E-state index in [1.54, 1.807) is 21.8 Å². The molecule has 1 aromatic heterocycles. The summed E-state index contributed by atoms with van der Waals surface area (Å²) < 4.78 is 1.64. The molecule has 0 aliphatic heterocycles. The van der Waals surface area contributed by atoms with Gasteiger partial charge in [0.15, 0.2) is 0 Å². The zero-order valence-electron chi connectivity index (χ0n) is 9.82. The van der Waals surface area contributed by atoms with Gasteiger partial charge in [0, 0.05) is 32.2 Å². The van der Waals surface area contributed by atoms with E-state index in [2.05, 4.69) is 21.0 Å². The molecule has 0 aliphatic carbocycles. The Bertz CT molecular complexity index is 338. The van der Waals surface area contributed by atoms with Crippen LogP contribution >= 0.6 is 15.9 Å². The molecule has 16 heavy (non-hydrogen) atoms. The number of nitrogens with zero attached hydrogens (tertiary/aromatic N) is 3. The number of amides is 1. The molecule has 0 N–H and O–H groups in total. The third-order valence-electron chi connectivity index (χ3n) is 2.41. The van der Waals surface area contributed by atoms with E-state index in [-0.39, 0.29) is 5.91 Å². The summed E-state index contributed by atoms with van der Waals surface area (Å²) in [5.41, 5.74) is 0.519.